The summed E-state index contributed by atoms with van der Waals surface area (Å²) in [6.07, 6.45) is 1.26. The molecule has 0 amide bonds. The smallest absolute Gasteiger partial charge is 0.191 e. The van der Waals surface area contributed by atoms with Crippen LogP contribution in [0, 0.1) is 6.92 Å². The number of rotatable bonds is 6. The first-order valence-electron chi connectivity index (χ1n) is 10.6. The van der Waals surface area contributed by atoms with E-state index < -0.39 is 0 Å². The van der Waals surface area contributed by atoms with Crippen LogP contribution < -0.4 is 10.6 Å². The molecule has 30 heavy (non-hydrogen) atoms. The van der Waals surface area contributed by atoms with E-state index in [1.54, 1.807) is 0 Å². The summed E-state index contributed by atoms with van der Waals surface area (Å²) in [5.41, 5.74) is 5.19. The van der Waals surface area contributed by atoms with E-state index in [1.165, 1.54) is 41.8 Å². The highest BCUT2D eigenvalue weighted by Gasteiger charge is 2.12. The number of hydrogen-bond donors (Lipinski definition) is 2. The highest BCUT2D eigenvalue weighted by Crippen LogP contribution is 2.10. The van der Waals surface area contributed by atoms with Crippen molar-refractivity contribution in [2.75, 3.05) is 40.3 Å². The van der Waals surface area contributed by atoms with Gasteiger partial charge >= 0.3 is 0 Å². The van der Waals surface area contributed by atoms with Gasteiger partial charge in [-0.15, -0.1) is 24.0 Å². The Morgan fingerprint density at radius 3 is 2.00 bits per heavy atom. The second-order valence-electron chi connectivity index (χ2n) is 8.01. The predicted molar refractivity (Wildman–Crippen MR) is 137 cm³/mol. The number of nitrogens with zero attached hydrogens (tertiary/aromatic N) is 3. The Hall–Kier alpha value is -1.64. The lowest BCUT2D eigenvalue weighted by Crippen LogP contribution is -2.36. The lowest BCUT2D eigenvalue weighted by molar-refractivity contribution is 0.269. The highest BCUT2D eigenvalue weighted by molar-refractivity contribution is 14.0. The summed E-state index contributed by atoms with van der Waals surface area (Å²) in [7, 11) is 4.03. The number of nitrogens with one attached hydrogen (secondary N) is 2. The Kier molecular flexibility index (Phi) is 10.6. The quantitative estimate of drug-likeness (QED) is 0.347. The molecule has 5 nitrogen and oxygen atoms in total. The highest BCUT2D eigenvalue weighted by atomic mass is 127. The minimum Gasteiger partial charge on any atom is -0.352 e. The molecule has 0 spiro atoms. The van der Waals surface area contributed by atoms with Crippen molar-refractivity contribution in [1.29, 1.82) is 0 Å². The summed E-state index contributed by atoms with van der Waals surface area (Å²) in [4.78, 5) is 9.32. The average Bonchev–Trinajstić information content (AvgIpc) is 2.94. The van der Waals surface area contributed by atoms with Crippen LogP contribution in [0.1, 0.15) is 28.7 Å². The lowest BCUT2D eigenvalue weighted by atomic mass is 10.1. The van der Waals surface area contributed by atoms with Gasteiger partial charge in [0.2, 0.25) is 0 Å². The Labute approximate surface area is 199 Å². The van der Waals surface area contributed by atoms with Gasteiger partial charge in [-0.1, -0.05) is 54.1 Å². The first kappa shape index (κ1) is 24.6. The molecule has 0 bridgehead atoms. The summed E-state index contributed by atoms with van der Waals surface area (Å²) in [6.45, 7) is 9.40. The van der Waals surface area contributed by atoms with Crippen molar-refractivity contribution in [2.24, 2.45) is 4.99 Å². The maximum absolute atomic E-state index is 4.33. The van der Waals surface area contributed by atoms with Crippen LogP contribution in [0.25, 0.3) is 0 Å². The van der Waals surface area contributed by atoms with Gasteiger partial charge < -0.3 is 15.5 Å². The molecule has 0 radical (unpaired) electrons. The van der Waals surface area contributed by atoms with E-state index >= 15 is 0 Å². The second-order valence-corrected chi connectivity index (χ2v) is 8.01. The zero-order valence-corrected chi connectivity index (χ0v) is 20.9. The first-order valence-corrected chi connectivity index (χ1v) is 10.6. The van der Waals surface area contributed by atoms with Gasteiger partial charge in [-0.3, -0.25) is 9.89 Å². The number of guanidine groups is 1. The molecule has 164 valence electrons. The van der Waals surface area contributed by atoms with Gasteiger partial charge in [-0.25, -0.2) is 0 Å². The summed E-state index contributed by atoms with van der Waals surface area (Å²) >= 11 is 0. The van der Waals surface area contributed by atoms with Crippen LogP contribution >= 0.6 is 24.0 Å². The van der Waals surface area contributed by atoms with Crippen LogP contribution in [0.4, 0.5) is 0 Å². The monoisotopic (exact) mass is 521 g/mol. The molecule has 1 saturated heterocycles. The summed E-state index contributed by atoms with van der Waals surface area (Å²) in [5, 5.41) is 6.78. The fourth-order valence-electron chi connectivity index (χ4n) is 3.58. The van der Waals surface area contributed by atoms with E-state index in [9.17, 15) is 0 Å². The molecular weight excluding hydrogens is 485 g/mol. The fourth-order valence-corrected chi connectivity index (χ4v) is 3.58. The molecule has 1 aliphatic heterocycles. The molecule has 0 aliphatic carbocycles. The molecule has 2 aromatic carbocycles. The van der Waals surface area contributed by atoms with Gasteiger partial charge in [0.05, 0.1) is 0 Å². The Morgan fingerprint density at radius 2 is 1.40 bits per heavy atom. The Balaban J connectivity index is 0.00000320. The second kappa shape index (κ2) is 12.9. The van der Waals surface area contributed by atoms with Gasteiger partial charge in [-0.2, -0.15) is 0 Å². The van der Waals surface area contributed by atoms with Gasteiger partial charge in [0.1, 0.15) is 0 Å². The first-order chi connectivity index (χ1) is 14.1. The zero-order chi connectivity index (χ0) is 20.5. The lowest BCUT2D eigenvalue weighted by Gasteiger charge is -2.20. The molecular formula is C24H36IN5. The van der Waals surface area contributed by atoms with E-state index in [0.717, 1.165) is 38.7 Å². The van der Waals surface area contributed by atoms with Crippen LogP contribution in [0.5, 0.6) is 0 Å². The van der Waals surface area contributed by atoms with Crippen LogP contribution in [0.3, 0.4) is 0 Å². The third-order valence-electron chi connectivity index (χ3n) is 5.51. The molecule has 1 fully saturated rings. The molecule has 3 rings (SSSR count). The van der Waals surface area contributed by atoms with Crippen molar-refractivity contribution in [3.8, 4) is 0 Å². The van der Waals surface area contributed by atoms with Crippen molar-refractivity contribution in [3.05, 3.63) is 70.8 Å². The largest absolute Gasteiger partial charge is 0.352 e. The van der Waals surface area contributed by atoms with Crippen molar-refractivity contribution in [1.82, 2.24) is 20.4 Å². The van der Waals surface area contributed by atoms with Crippen molar-refractivity contribution in [3.63, 3.8) is 0 Å². The standard InChI is InChI=1S/C24H35N5.HI/c1-20-5-7-21(8-6-20)17-26-24(25-2)27-18-22-9-11-23(12-10-22)19-29-14-4-13-28(3)15-16-29;/h5-12H,4,13-19H2,1-3H3,(H2,25,26,27);1H. The zero-order valence-electron chi connectivity index (χ0n) is 18.5. The normalized spacial score (nSPS) is 15.9. The van der Waals surface area contributed by atoms with E-state index in [4.69, 9.17) is 0 Å². The van der Waals surface area contributed by atoms with Gasteiger partial charge in [0.25, 0.3) is 0 Å². The average molecular weight is 521 g/mol. The van der Waals surface area contributed by atoms with E-state index in [1.807, 2.05) is 7.05 Å². The van der Waals surface area contributed by atoms with Crippen molar-refractivity contribution >= 4 is 29.9 Å². The Bertz CT molecular complexity index is 773. The summed E-state index contributed by atoms with van der Waals surface area (Å²) in [5.74, 6) is 0.823. The molecule has 0 unspecified atom stereocenters. The molecule has 6 heteroatoms. The topological polar surface area (TPSA) is 42.9 Å². The van der Waals surface area contributed by atoms with E-state index in [0.29, 0.717) is 0 Å². The maximum atomic E-state index is 4.33. The number of benzene rings is 2. The third-order valence-corrected chi connectivity index (χ3v) is 5.51. The van der Waals surface area contributed by atoms with Crippen molar-refractivity contribution in [2.45, 2.75) is 33.0 Å². The molecule has 0 atom stereocenters. The third kappa shape index (κ3) is 8.24. The number of likely N-dealkylation sites (N-methyl/N-ethyl adjacent to an activating group) is 1. The molecule has 1 aliphatic rings. The molecule has 0 saturated carbocycles. The van der Waals surface area contributed by atoms with Gasteiger partial charge in [-0.05, 0) is 50.2 Å². The number of hydrogen-bond acceptors (Lipinski definition) is 3. The van der Waals surface area contributed by atoms with Crippen LogP contribution in [0.2, 0.25) is 0 Å². The SMILES string of the molecule is CN=C(NCc1ccc(C)cc1)NCc1ccc(CN2CCCN(C)CC2)cc1.I. The number of aryl methyl sites for hydroxylation is 1. The molecule has 2 N–H and O–H groups in total. The molecule has 0 aromatic heterocycles. The van der Waals surface area contributed by atoms with Crippen LogP contribution in [0.15, 0.2) is 53.5 Å². The Morgan fingerprint density at radius 1 is 0.833 bits per heavy atom. The van der Waals surface area contributed by atoms with E-state index in [2.05, 4.69) is 87.9 Å². The fraction of sp³-hybridized carbons (Fsp3) is 0.458. The predicted octanol–water partition coefficient (Wildman–Crippen LogP) is 3.62. The van der Waals surface area contributed by atoms with Gasteiger partial charge in [0, 0.05) is 39.8 Å². The number of aliphatic imine (C=N–C) groups is 1. The molecule has 1 heterocycles. The maximum Gasteiger partial charge on any atom is 0.191 e. The summed E-state index contributed by atoms with van der Waals surface area (Å²) in [6, 6.07) is 17.5. The minimum absolute atomic E-state index is 0. The minimum atomic E-state index is 0. The number of halogens is 1. The van der Waals surface area contributed by atoms with E-state index in [-0.39, 0.29) is 24.0 Å². The van der Waals surface area contributed by atoms with Gasteiger partial charge in [0.15, 0.2) is 5.96 Å². The van der Waals surface area contributed by atoms with Crippen molar-refractivity contribution < 1.29 is 0 Å². The molecule has 2 aromatic rings. The summed E-state index contributed by atoms with van der Waals surface area (Å²) < 4.78 is 0. The van der Waals surface area contributed by atoms with Crippen LogP contribution in [-0.4, -0.2) is 56.0 Å². The van der Waals surface area contributed by atoms with Crippen LogP contribution in [-0.2, 0) is 19.6 Å².